The van der Waals surface area contributed by atoms with E-state index in [4.69, 9.17) is 0 Å². The first-order valence-electron chi connectivity index (χ1n) is 7.04. The first-order chi connectivity index (χ1) is 9.24. The molecule has 2 aliphatic rings. The Morgan fingerprint density at radius 3 is 3.00 bits per heavy atom. The zero-order valence-electron chi connectivity index (χ0n) is 11.2. The second-order valence-corrected chi connectivity index (χ2v) is 7.99. The van der Waals surface area contributed by atoms with Gasteiger partial charge in [-0.3, -0.25) is 0 Å². The Kier molecular flexibility index (Phi) is 4.40. The summed E-state index contributed by atoms with van der Waals surface area (Å²) in [7, 11) is 0. The van der Waals surface area contributed by atoms with Gasteiger partial charge in [0.1, 0.15) is 5.82 Å². The highest BCUT2D eigenvalue weighted by molar-refractivity contribution is 8.00. The molecule has 4 heteroatoms. The fourth-order valence-electron chi connectivity index (χ4n) is 2.94. The number of hydrogen-bond acceptors (Lipinski definition) is 3. The van der Waals surface area contributed by atoms with Gasteiger partial charge in [-0.05, 0) is 54.5 Å². The van der Waals surface area contributed by atoms with Gasteiger partial charge < -0.3 is 5.32 Å². The summed E-state index contributed by atoms with van der Waals surface area (Å²) in [4.78, 5) is 1.25. The largest absolute Gasteiger partial charge is 0.306 e. The van der Waals surface area contributed by atoms with Crippen molar-refractivity contribution in [2.24, 2.45) is 0 Å². The maximum Gasteiger partial charge on any atom is 0.123 e. The quantitative estimate of drug-likeness (QED) is 0.877. The fourth-order valence-corrected chi connectivity index (χ4v) is 5.20. The van der Waals surface area contributed by atoms with Crippen LogP contribution in [0.15, 0.2) is 23.1 Å². The van der Waals surface area contributed by atoms with Crippen molar-refractivity contribution in [2.75, 3.05) is 11.5 Å². The Bertz CT molecular complexity index is 452. The molecule has 104 valence electrons. The molecule has 0 bridgehead atoms. The summed E-state index contributed by atoms with van der Waals surface area (Å²) < 4.78 is 13.5. The highest BCUT2D eigenvalue weighted by Crippen LogP contribution is 2.38. The van der Waals surface area contributed by atoms with Crippen LogP contribution in [0.3, 0.4) is 0 Å². The lowest BCUT2D eigenvalue weighted by atomic mass is 10.00. The molecular formula is C15H20FNS2. The van der Waals surface area contributed by atoms with Crippen molar-refractivity contribution < 1.29 is 4.39 Å². The molecule has 1 saturated heterocycles. The van der Waals surface area contributed by atoms with Gasteiger partial charge in [-0.1, -0.05) is 6.92 Å². The number of hydrogen-bond donors (Lipinski definition) is 1. The average molecular weight is 297 g/mol. The SMILES string of the molecule is CC1SCCCC1NC1CCSc2ccc(F)cc21. The van der Waals surface area contributed by atoms with E-state index in [2.05, 4.69) is 24.0 Å². The van der Waals surface area contributed by atoms with E-state index < -0.39 is 0 Å². The minimum absolute atomic E-state index is 0.112. The van der Waals surface area contributed by atoms with Crippen molar-refractivity contribution in [1.29, 1.82) is 0 Å². The van der Waals surface area contributed by atoms with Crippen LogP contribution in [0.4, 0.5) is 4.39 Å². The normalized spacial score (nSPS) is 30.9. The molecule has 1 nitrogen and oxygen atoms in total. The van der Waals surface area contributed by atoms with Crippen LogP contribution in [0.25, 0.3) is 0 Å². The molecular weight excluding hydrogens is 277 g/mol. The van der Waals surface area contributed by atoms with E-state index in [1.807, 2.05) is 17.8 Å². The number of thioether (sulfide) groups is 2. The Labute approximate surface area is 123 Å². The van der Waals surface area contributed by atoms with Crippen molar-refractivity contribution in [3.8, 4) is 0 Å². The molecule has 1 N–H and O–H groups in total. The predicted molar refractivity (Wildman–Crippen MR) is 82.6 cm³/mol. The maximum atomic E-state index is 13.5. The Morgan fingerprint density at radius 2 is 2.16 bits per heavy atom. The topological polar surface area (TPSA) is 12.0 Å². The van der Waals surface area contributed by atoms with E-state index in [-0.39, 0.29) is 5.82 Å². The molecule has 0 amide bonds. The highest BCUT2D eigenvalue weighted by atomic mass is 32.2. The molecule has 1 fully saturated rings. The summed E-state index contributed by atoms with van der Waals surface area (Å²) in [5.74, 6) is 2.30. The molecule has 0 radical (unpaired) electrons. The molecule has 0 spiro atoms. The maximum absolute atomic E-state index is 13.5. The lowest BCUT2D eigenvalue weighted by Crippen LogP contribution is -2.42. The van der Waals surface area contributed by atoms with Crippen LogP contribution in [0.2, 0.25) is 0 Å². The lowest BCUT2D eigenvalue weighted by molar-refractivity contribution is 0.390. The Balaban J connectivity index is 1.77. The van der Waals surface area contributed by atoms with Crippen LogP contribution < -0.4 is 5.32 Å². The lowest BCUT2D eigenvalue weighted by Gasteiger charge is -2.35. The van der Waals surface area contributed by atoms with Crippen LogP contribution in [-0.2, 0) is 0 Å². The molecule has 3 atom stereocenters. The van der Waals surface area contributed by atoms with E-state index in [1.54, 1.807) is 12.1 Å². The number of halogens is 1. The van der Waals surface area contributed by atoms with Gasteiger partial charge >= 0.3 is 0 Å². The van der Waals surface area contributed by atoms with Gasteiger partial charge in [0.15, 0.2) is 0 Å². The van der Waals surface area contributed by atoms with Gasteiger partial charge in [0, 0.05) is 22.2 Å². The molecule has 0 aromatic heterocycles. The van der Waals surface area contributed by atoms with E-state index >= 15 is 0 Å². The summed E-state index contributed by atoms with van der Waals surface area (Å²) in [6.07, 6.45) is 3.65. The van der Waals surface area contributed by atoms with Crippen LogP contribution in [0.5, 0.6) is 0 Å². The molecule has 3 rings (SSSR count). The van der Waals surface area contributed by atoms with Crippen LogP contribution in [-0.4, -0.2) is 22.8 Å². The third-order valence-electron chi connectivity index (χ3n) is 4.03. The summed E-state index contributed by atoms with van der Waals surface area (Å²) in [6, 6.07) is 6.14. The van der Waals surface area contributed by atoms with E-state index in [0.29, 0.717) is 17.3 Å². The molecule has 2 heterocycles. The van der Waals surface area contributed by atoms with Crippen molar-refractivity contribution in [1.82, 2.24) is 5.32 Å². The minimum Gasteiger partial charge on any atom is -0.306 e. The Hall–Kier alpha value is -0.190. The summed E-state index contributed by atoms with van der Waals surface area (Å²) in [6.45, 7) is 2.31. The summed E-state index contributed by atoms with van der Waals surface area (Å²) in [5.41, 5.74) is 1.17. The van der Waals surface area contributed by atoms with Gasteiger partial charge in [-0.25, -0.2) is 4.39 Å². The molecule has 19 heavy (non-hydrogen) atoms. The molecule has 1 aromatic rings. The average Bonchev–Trinajstić information content (AvgIpc) is 2.42. The van der Waals surface area contributed by atoms with Crippen molar-refractivity contribution in [3.63, 3.8) is 0 Å². The van der Waals surface area contributed by atoms with Crippen molar-refractivity contribution >= 4 is 23.5 Å². The summed E-state index contributed by atoms with van der Waals surface area (Å²) >= 11 is 3.91. The van der Waals surface area contributed by atoms with Crippen molar-refractivity contribution in [2.45, 2.75) is 48.4 Å². The van der Waals surface area contributed by atoms with Crippen LogP contribution >= 0.6 is 23.5 Å². The fraction of sp³-hybridized carbons (Fsp3) is 0.600. The zero-order valence-corrected chi connectivity index (χ0v) is 12.8. The molecule has 3 unspecified atom stereocenters. The molecule has 0 aliphatic carbocycles. The predicted octanol–water partition coefficient (Wildman–Crippen LogP) is 4.24. The molecule has 1 aromatic carbocycles. The standard InChI is InChI=1S/C15H20FNS2/c1-10-13(3-2-7-18-10)17-14-6-8-19-15-5-4-11(16)9-12(14)15/h4-5,9-10,13-14,17H,2-3,6-8H2,1H3. The monoisotopic (exact) mass is 297 g/mol. The second kappa shape index (κ2) is 6.06. The minimum atomic E-state index is -0.112. The highest BCUT2D eigenvalue weighted by Gasteiger charge is 2.27. The number of benzene rings is 1. The second-order valence-electron chi connectivity index (χ2n) is 5.36. The van der Waals surface area contributed by atoms with E-state index in [9.17, 15) is 4.39 Å². The summed E-state index contributed by atoms with van der Waals surface area (Å²) in [5, 5.41) is 4.46. The third-order valence-corrected chi connectivity index (χ3v) is 6.53. The van der Waals surface area contributed by atoms with Gasteiger partial charge in [0.2, 0.25) is 0 Å². The van der Waals surface area contributed by atoms with Crippen LogP contribution in [0, 0.1) is 5.82 Å². The third kappa shape index (κ3) is 3.11. The van der Waals surface area contributed by atoms with E-state index in [1.165, 1.54) is 29.1 Å². The van der Waals surface area contributed by atoms with Crippen LogP contribution in [0.1, 0.15) is 37.8 Å². The Morgan fingerprint density at radius 1 is 1.26 bits per heavy atom. The number of nitrogens with one attached hydrogen (secondary N) is 1. The van der Waals surface area contributed by atoms with Gasteiger partial charge in [-0.15, -0.1) is 11.8 Å². The van der Waals surface area contributed by atoms with Crippen molar-refractivity contribution in [3.05, 3.63) is 29.6 Å². The van der Waals surface area contributed by atoms with E-state index in [0.717, 1.165) is 12.2 Å². The smallest absolute Gasteiger partial charge is 0.123 e. The van der Waals surface area contributed by atoms with Gasteiger partial charge in [0.05, 0.1) is 0 Å². The first-order valence-corrected chi connectivity index (χ1v) is 9.07. The molecule has 0 saturated carbocycles. The van der Waals surface area contributed by atoms with Gasteiger partial charge in [0.25, 0.3) is 0 Å². The zero-order chi connectivity index (χ0) is 13.2. The number of rotatable bonds is 2. The number of fused-ring (bicyclic) bond motifs is 1. The molecule has 2 aliphatic heterocycles. The van der Waals surface area contributed by atoms with Gasteiger partial charge in [-0.2, -0.15) is 11.8 Å². The first kappa shape index (κ1) is 13.8.